The average molecular weight is 247 g/mol. The average Bonchev–Trinajstić information content (AvgIpc) is 2.32. The molecule has 1 atom stereocenters. The Hall–Kier alpha value is -0.860. The normalized spacial score (nSPS) is 26.3. The molecule has 1 aromatic rings. The standard InChI is InChI=1S/C16H25NO/c1-12-5-4-6-14(11-12)16(17(2)3)13-7-9-15(18)10-8-13/h4-6,11,13,15-16,18H,7-10H2,1-3H3. The number of hydrogen-bond donors (Lipinski definition) is 1. The molecule has 0 bridgehead atoms. The molecule has 1 unspecified atom stereocenters. The van der Waals surface area contributed by atoms with Gasteiger partial charge in [-0.2, -0.15) is 0 Å². The molecule has 0 radical (unpaired) electrons. The van der Waals surface area contributed by atoms with Crippen LogP contribution in [0.25, 0.3) is 0 Å². The number of benzene rings is 1. The highest BCUT2D eigenvalue weighted by molar-refractivity contribution is 5.25. The van der Waals surface area contributed by atoms with Crippen LogP contribution < -0.4 is 0 Å². The van der Waals surface area contributed by atoms with E-state index in [1.807, 2.05) is 0 Å². The molecular formula is C16H25NO. The van der Waals surface area contributed by atoms with Gasteiger partial charge < -0.3 is 10.0 Å². The third-order valence-electron chi connectivity index (χ3n) is 4.13. The number of aliphatic hydroxyl groups is 1. The van der Waals surface area contributed by atoms with E-state index in [1.165, 1.54) is 11.1 Å². The smallest absolute Gasteiger partial charge is 0.0540 e. The first-order valence-electron chi connectivity index (χ1n) is 6.99. The van der Waals surface area contributed by atoms with E-state index in [1.54, 1.807) is 0 Å². The predicted octanol–water partition coefficient (Wildman–Crippen LogP) is 3.15. The van der Waals surface area contributed by atoms with Crippen LogP contribution in [0.2, 0.25) is 0 Å². The summed E-state index contributed by atoms with van der Waals surface area (Å²) in [5, 5.41) is 9.65. The van der Waals surface area contributed by atoms with Crippen LogP contribution in [0.15, 0.2) is 24.3 Å². The van der Waals surface area contributed by atoms with Gasteiger partial charge in [0.2, 0.25) is 0 Å². The van der Waals surface area contributed by atoms with E-state index >= 15 is 0 Å². The summed E-state index contributed by atoms with van der Waals surface area (Å²) in [6, 6.07) is 9.33. The van der Waals surface area contributed by atoms with E-state index in [2.05, 4.69) is 50.2 Å². The number of nitrogens with zero attached hydrogens (tertiary/aromatic N) is 1. The van der Waals surface area contributed by atoms with Gasteiger partial charge in [0.15, 0.2) is 0 Å². The number of aliphatic hydroxyl groups excluding tert-OH is 1. The van der Waals surface area contributed by atoms with Gasteiger partial charge in [0.1, 0.15) is 0 Å². The zero-order valence-corrected chi connectivity index (χ0v) is 11.8. The maximum absolute atomic E-state index is 9.65. The Morgan fingerprint density at radius 3 is 2.39 bits per heavy atom. The Balaban J connectivity index is 2.18. The monoisotopic (exact) mass is 247 g/mol. The zero-order chi connectivity index (χ0) is 13.1. The summed E-state index contributed by atoms with van der Waals surface area (Å²) in [6.07, 6.45) is 4.12. The predicted molar refractivity (Wildman–Crippen MR) is 75.6 cm³/mol. The number of hydrogen-bond acceptors (Lipinski definition) is 2. The Morgan fingerprint density at radius 1 is 1.17 bits per heavy atom. The minimum atomic E-state index is -0.0680. The lowest BCUT2D eigenvalue weighted by molar-refractivity contribution is 0.0779. The summed E-state index contributed by atoms with van der Waals surface area (Å²) in [6.45, 7) is 2.15. The van der Waals surface area contributed by atoms with E-state index in [0.29, 0.717) is 12.0 Å². The molecule has 0 saturated heterocycles. The molecule has 0 spiro atoms. The van der Waals surface area contributed by atoms with Crippen molar-refractivity contribution in [3.05, 3.63) is 35.4 Å². The van der Waals surface area contributed by atoms with Crippen molar-refractivity contribution >= 4 is 0 Å². The van der Waals surface area contributed by atoms with Crippen LogP contribution >= 0.6 is 0 Å². The molecule has 1 aliphatic rings. The maximum Gasteiger partial charge on any atom is 0.0540 e. The van der Waals surface area contributed by atoms with E-state index in [4.69, 9.17) is 0 Å². The van der Waals surface area contributed by atoms with E-state index in [9.17, 15) is 5.11 Å². The Kier molecular flexibility index (Phi) is 4.41. The molecule has 1 aromatic carbocycles. The second-order valence-corrected chi connectivity index (χ2v) is 5.89. The fraction of sp³-hybridized carbons (Fsp3) is 0.625. The summed E-state index contributed by atoms with van der Waals surface area (Å²) < 4.78 is 0. The van der Waals surface area contributed by atoms with Crippen molar-refractivity contribution in [2.45, 2.75) is 44.8 Å². The highest BCUT2D eigenvalue weighted by atomic mass is 16.3. The summed E-state index contributed by atoms with van der Waals surface area (Å²) in [4.78, 5) is 2.33. The van der Waals surface area contributed by atoms with Crippen LogP contribution in [0.1, 0.15) is 42.9 Å². The first-order chi connectivity index (χ1) is 8.58. The molecule has 100 valence electrons. The second-order valence-electron chi connectivity index (χ2n) is 5.89. The lowest BCUT2D eigenvalue weighted by atomic mass is 9.79. The third kappa shape index (κ3) is 3.12. The van der Waals surface area contributed by atoms with Gasteiger partial charge in [-0.05, 0) is 58.2 Å². The summed E-state index contributed by atoms with van der Waals surface area (Å²) in [5.74, 6) is 0.671. The van der Waals surface area contributed by atoms with Crippen molar-refractivity contribution < 1.29 is 5.11 Å². The molecular weight excluding hydrogens is 222 g/mol. The summed E-state index contributed by atoms with van der Waals surface area (Å²) in [5.41, 5.74) is 2.75. The van der Waals surface area contributed by atoms with Crippen LogP contribution in [-0.2, 0) is 0 Å². The van der Waals surface area contributed by atoms with Crippen molar-refractivity contribution in [3.63, 3.8) is 0 Å². The van der Waals surface area contributed by atoms with Crippen molar-refractivity contribution in [2.24, 2.45) is 5.92 Å². The largest absolute Gasteiger partial charge is 0.393 e. The molecule has 2 heteroatoms. The second kappa shape index (κ2) is 5.85. The molecule has 18 heavy (non-hydrogen) atoms. The molecule has 0 heterocycles. The first-order valence-corrected chi connectivity index (χ1v) is 6.99. The number of rotatable bonds is 3. The first kappa shape index (κ1) is 13.6. The van der Waals surface area contributed by atoms with Gasteiger partial charge in [0.05, 0.1) is 6.10 Å². The molecule has 0 aromatic heterocycles. The lowest BCUT2D eigenvalue weighted by Crippen LogP contribution is -2.31. The molecule has 2 nitrogen and oxygen atoms in total. The molecule has 1 aliphatic carbocycles. The highest BCUT2D eigenvalue weighted by Crippen LogP contribution is 2.37. The van der Waals surface area contributed by atoms with Crippen LogP contribution in [0.5, 0.6) is 0 Å². The van der Waals surface area contributed by atoms with Gasteiger partial charge in [-0.25, -0.2) is 0 Å². The maximum atomic E-state index is 9.65. The third-order valence-corrected chi connectivity index (χ3v) is 4.13. The van der Waals surface area contributed by atoms with E-state index < -0.39 is 0 Å². The molecule has 0 aliphatic heterocycles. The zero-order valence-electron chi connectivity index (χ0n) is 11.8. The lowest BCUT2D eigenvalue weighted by Gasteiger charge is -2.36. The van der Waals surface area contributed by atoms with Crippen LogP contribution in [0.3, 0.4) is 0 Å². The summed E-state index contributed by atoms with van der Waals surface area (Å²) >= 11 is 0. The summed E-state index contributed by atoms with van der Waals surface area (Å²) in [7, 11) is 4.33. The quantitative estimate of drug-likeness (QED) is 0.887. The molecule has 1 fully saturated rings. The van der Waals surface area contributed by atoms with Crippen LogP contribution in [-0.4, -0.2) is 30.2 Å². The van der Waals surface area contributed by atoms with Crippen LogP contribution in [0, 0.1) is 12.8 Å². The Bertz CT molecular complexity index is 380. The van der Waals surface area contributed by atoms with Crippen molar-refractivity contribution in [1.82, 2.24) is 4.90 Å². The van der Waals surface area contributed by atoms with E-state index in [-0.39, 0.29) is 6.10 Å². The molecule has 1 N–H and O–H groups in total. The van der Waals surface area contributed by atoms with E-state index in [0.717, 1.165) is 25.7 Å². The van der Waals surface area contributed by atoms with Crippen molar-refractivity contribution in [2.75, 3.05) is 14.1 Å². The minimum absolute atomic E-state index is 0.0680. The van der Waals surface area contributed by atoms with Gasteiger partial charge in [-0.15, -0.1) is 0 Å². The number of aryl methyl sites for hydroxylation is 1. The Morgan fingerprint density at radius 2 is 1.83 bits per heavy atom. The van der Waals surface area contributed by atoms with Gasteiger partial charge in [0, 0.05) is 6.04 Å². The molecule has 0 amide bonds. The van der Waals surface area contributed by atoms with Gasteiger partial charge >= 0.3 is 0 Å². The van der Waals surface area contributed by atoms with Gasteiger partial charge in [-0.3, -0.25) is 0 Å². The minimum Gasteiger partial charge on any atom is -0.393 e. The van der Waals surface area contributed by atoms with Crippen molar-refractivity contribution in [1.29, 1.82) is 0 Å². The molecule has 1 saturated carbocycles. The van der Waals surface area contributed by atoms with Crippen LogP contribution in [0.4, 0.5) is 0 Å². The fourth-order valence-electron chi connectivity index (χ4n) is 3.26. The highest BCUT2D eigenvalue weighted by Gasteiger charge is 2.29. The van der Waals surface area contributed by atoms with Gasteiger partial charge in [0.25, 0.3) is 0 Å². The topological polar surface area (TPSA) is 23.5 Å². The van der Waals surface area contributed by atoms with Crippen molar-refractivity contribution in [3.8, 4) is 0 Å². The molecule has 2 rings (SSSR count). The fourth-order valence-corrected chi connectivity index (χ4v) is 3.26. The van der Waals surface area contributed by atoms with Gasteiger partial charge in [-0.1, -0.05) is 29.8 Å². The SMILES string of the molecule is Cc1cccc(C(C2CCC(O)CC2)N(C)C)c1. The Labute approximate surface area is 111 Å².